The second-order valence-corrected chi connectivity index (χ2v) is 3.36. The number of carboxylic acids is 1. The van der Waals surface area contributed by atoms with E-state index in [9.17, 15) is 9.18 Å². The van der Waals surface area contributed by atoms with Crippen molar-refractivity contribution >= 4 is 21.9 Å². The number of aliphatic carboxylic acids is 1. The van der Waals surface area contributed by atoms with Gasteiger partial charge in [0.2, 0.25) is 0 Å². The lowest BCUT2D eigenvalue weighted by molar-refractivity contribution is -0.146. The highest BCUT2D eigenvalue weighted by Crippen LogP contribution is 2.20. The van der Waals surface area contributed by atoms with Crippen LogP contribution in [0.2, 0.25) is 0 Å². The number of carboxylic acid groups (broad SMARTS) is 1. The SMILES string of the molecule is O=C(O)[C@@H](O)c1cc(F)cc(Br)c1. The molecule has 0 aliphatic rings. The van der Waals surface area contributed by atoms with Crippen LogP contribution in [-0.4, -0.2) is 16.2 Å². The van der Waals surface area contributed by atoms with Gasteiger partial charge in [-0.05, 0) is 23.8 Å². The standard InChI is InChI=1S/C8H6BrFO3/c9-5-1-4(2-6(10)3-5)7(11)8(12)13/h1-3,7,11H,(H,12,13)/t7-/m0/s1. The van der Waals surface area contributed by atoms with Crippen LogP contribution in [0.15, 0.2) is 22.7 Å². The van der Waals surface area contributed by atoms with E-state index in [-0.39, 0.29) is 5.56 Å². The van der Waals surface area contributed by atoms with Gasteiger partial charge in [-0.3, -0.25) is 0 Å². The maximum atomic E-state index is 12.7. The first-order valence-corrected chi connectivity index (χ1v) is 4.17. The Morgan fingerprint density at radius 2 is 2.08 bits per heavy atom. The van der Waals surface area contributed by atoms with E-state index in [1.54, 1.807) is 0 Å². The van der Waals surface area contributed by atoms with Gasteiger partial charge in [0.1, 0.15) is 5.82 Å². The molecular weight excluding hydrogens is 243 g/mol. The van der Waals surface area contributed by atoms with Crippen LogP contribution in [0.4, 0.5) is 4.39 Å². The highest BCUT2D eigenvalue weighted by molar-refractivity contribution is 9.10. The van der Waals surface area contributed by atoms with Crippen LogP contribution in [0.25, 0.3) is 0 Å². The zero-order valence-corrected chi connectivity index (χ0v) is 7.95. The zero-order chi connectivity index (χ0) is 10.0. The fourth-order valence-electron chi connectivity index (χ4n) is 0.876. The molecule has 0 spiro atoms. The minimum atomic E-state index is -1.69. The Morgan fingerprint density at radius 1 is 1.46 bits per heavy atom. The van der Waals surface area contributed by atoms with Crippen LogP contribution in [-0.2, 0) is 4.79 Å². The number of hydrogen-bond acceptors (Lipinski definition) is 2. The molecular formula is C8H6BrFO3. The smallest absolute Gasteiger partial charge is 0.337 e. The van der Waals surface area contributed by atoms with Crippen LogP contribution in [0.5, 0.6) is 0 Å². The Labute approximate surface area is 81.9 Å². The van der Waals surface area contributed by atoms with Crippen molar-refractivity contribution in [2.24, 2.45) is 0 Å². The Balaban J connectivity index is 3.07. The van der Waals surface area contributed by atoms with E-state index in [1.807, 2.05) is 0 Å². The maximum absolute atomic E-state index is 12.7. The largest absolute Gasteiger partial charge is 0.479 e. The van der Waals surface area contributed by atoms with Crippen molar-refractivity contribution < 1.29 is 19.4 Å². The van der Waals surface area contributed by atoms with Gasteiger partial charge in [0.15, 0.2) is 6.10 Å². The lowest BCUT2D eigenvalue weighted by atomic mass is 10.1. The lowest BCUT2D eigenvalue weighted by Crippen LogP contribution is -2.10. The highest BCUT2D eigenvalue weighted by Gasteiger charge is 2.16. The fourth-order valence-corrected chi connectivity index (χ4v) is 1.36. The molecule has 1 aromatic carbocycles. The number of carbonyl (C=O) groups is 1. The third kappa shape index (κ3) is 2.50. The summed E-state index contributed by atoms with van der Waals surface area (Å²) in [5, 5.41) is 17.5. The normalized spacial score (nSPS) is 12.5. The van der Waals surface area contributed by atoms with Gasteiger partial charge in [-0.15, -0.1) is 0 Å². The number of rotatable bonds is 2. The van der Waals surface area contributed by atoms with Crippen LogP contribution >= 0.6 is 15.9 Å². The van der Waals surface area contributed by atoms with Crippen LogP contribution in [0, 0.1) is 5.82 Å². The quantitative estimate of drug-likeness (QED) is 0.838. The minimum Gasteiger partial charge on any atom is -0.479 e. The van der Waals surface area contributed by atoms with E-state index >= 15 is 0 Å². The van der Waals surface area contributed by atoms with Gasteiger partial charge in [0, 0.05) is 4.47 Å². The second-order valence-electron chi connectivity index (χ2n) is 2.44. The monoisotopic (exact) mass is 248 g/mol. The molecule has 0 aliphatic carbocycles. The van der Waals surface area contributed by atoms with E-state index in [2.05, 4.69) is 15.9 Å². The van der Waals surface area contributed by atoms with E-state index in [0.29, 0.717) is 4.47 Å². The fraction of sp³-hybridized carbons (Fsp3) is 0.125. The molecule has 70 valence electrons. The molecule has 1 atom stereocenters. The van der Waals surface area contributed by atoms with Gasteiger partial charge in [0.25, 0.3) is 0 Å². The van der Waals surface area contributed by atoms with Gasteiger partial charge in [-0.1, -0.05) is 15.9 Å². The average Bonchev–Trinajstić information content (AvgIpc) is 2.01. The molecule has 0 aromatic heterocycles. The molecule has 0 unspecified atom stereocenters. The number of benzene rings is 1. The second kappa shape index (κ2) is 3.85. The molecule has 5 heteroatoms. The Morgan fingerprint density at radius 3 is 2.54 bits per heavy atom. The van der Waals surface area contributed by atoms with Crippen molar-refractivity contribution in [1.29, 1.82) is 0 Å². The van der Waals surface area contributed by atoms with Crippen molar-refractivity contribution in [2.75, 3.05) is 0 Å². The van der Waals surface area contributed by atoms with E-state index in [1.165, 1.54) is 12.1 Å². The molecule has 0 heterocycles. The molecule has 0 saturated carbocycles. The van der Waals surface area contributed by atoms with Crippen LogP contribution in [0.1, 0.15) is 11.7 Å². The topological polar surface area (TPSA) is 57.5 Å². The summed E-state index contributed by atoms with van der Waals surface area (Å²) < 4.78 is 13.1. The van der Waals surface area contributed by atoms with Crippen molar-refractivity contribution in [2.45, 2.75) is 6.10 Å². The van der Waals surface area contributed by atoms with E-state index in [0.717, 1.165) is 6.07 Å². The van der Waals surface area contributed by atoms with Gasteiger partial charge in [-0.2, -0.15) is 0 Å². The molecule has 1 aromatic rings. The van der Waals surface area contributed by atoms with Gasteiger partial charge in [0.05, 0.1) is 0 Å². The van der Waals surface area contributed by atoms with Gasteiger partial charge >= 0.3 is 5.97 Å². The number of hydrogen-bond donors (Lipinski definition) is 2. The summed E-state index contributed by atoms with van der Waals surface area (Å²) >= 11 is 2.99. The number of aliphatic hydroxyl groups is 1. The van der Waals surface area contributed by atoms with Gasteiger partial charge in [-0.25, -0.2) is 9.18 Å². The molecule has 0 saturated heterocycles. The highest BCUT2D eigenvalue weighted by atomic mass is 79.9. The maximum Gasteiger partial charge on any atom is 0.337 e. The van der Waals surface area contributed by atoms with E-state index < -0.39 is 17.9 Å². The third-order valence-electron chi connectivity index (χ3n) is 1.43. The molecule has 3 nitrogen and oxygen atoms in total. The molecule has 0 bridgehead atoms. The first kappa shape index (κ1) is 10.1. The van der Waals surface area contributed by atoms with Crippen LogP contribution < -0.4 is 0 Å². The van der Waals surface area contributed by atoms with Crippen molar-refractivity contribution in [3.8, 4) is 0 Å². The average molecular weight is 249 g/mol. The molecule has 0 fully saturated rings. The molecule has 13 heavy (non-hydrogen) atoms. The molecule has 0 aliphatic heterocycles. The molecule has 0 amide bonds. The Bertz CT molecular complexity index is 320. The minimum absolute atomic E-state index is 0.0133. The molecule has 2 N–H and O–H groups in total. The lowest BCUT2D eigenvalue weighted by Gasteiger charge is -2.05. The summed E-state index contributed by atoms with van der Waals surface area (Å²) in [5.41, 5.74) is 0.0133. The van der Waals surface area contributed by atoms with Crippen LogP contribution in [0.3, 0.4) is 0 Å². The first-order chi connectivity index (χ1) is 6.00. The predicted molar refractivity (Wildman–Crippen MR) is 46.7 cm³/mol. The Hall–Kier alpha value is -0.940. The molecule has 0 radical (unpaired) electrons. The molecule has 1 rings (SSSR count). The summed E-state index contributed by atoms with van der Waals surface area (Å²) in [6.07, 6.45) is -1.69. The van der Waals surface area contributed by atoms with Crippen molar-refractivity contribution in [1.82, 2.24) is 0 Å². The summed E-state index contributed by atoms with van der Waals surface area (Å²) in [6.45, 7) is 0. The summed E-state index contributed by atoms with van der Waals surface area (Å²) in [6, 6.07) is 3.50. The summed E-state index contributed by atoms with van der Waals surface area (Å²) in [5.74, 6) is -2.00. The van der Waals surface area contributed by atoms with Crippen molar-refractivity contribution in [3.05, 3.63) is 34.1 Å². The zero-order valence-electron chi connectivity index (χ0n) is 6.37. The van der Waals surface area contributed by atoms with Crippen molar-refractivity contribution in [3.63, 3.8) is 0 Å². The predicted octanol–water partition coefficient (Wildman–Crippen LogP) is 1.71. The summed E-state index contributed by atoms with van der Waals surface area (Å²) in [4.78, 5) is 10.3. The number of aliphatic hydroxyl groups excluding tert-OH is 1. The Kier molecular flexibility index (Phi) is 3.00. The third-order valence-corrected chi connectivity index (χ3v) is 1.89. The first-order valence-electron chi connectivity index (χ1n) is 3.37. The van der Waals surface area contributed by atoms with Gasteiger partial charge < -0.3 is 10.2 Å². The summed E-state index contributed by atoms with van der Waals surface area (Å²) in [7, 11) is 0. The van der Waals surface area contributed by atoms with E-state index in [4.69, 9.17) is 10.2 Å². The number of halogens is 2.